The predicted molar refractivity (Wildman–Crippen MR) is 100 cm³/mol. The molecule has 0 fully saturated rings. The first-order valence-electron chi connectivity index (χ1n) is 9.20. The third-order valence-electron chi connectivity index (χ3n) is 5.30. The number of nitrogens with zero attached hydrogens (tertiary/aromatic N) is 2. The van der Waals surface area contributed by atoms with Crippen molar-refractivity contribution in [1.29, 1.82) is 0 Å². The van der Waals surface area contributed by atoms with E-state index >= 15 is 0 Å². The summed E-state index contributed by atoms with van der Waals surface area (Å²) in [6, 6.07) is 5.92. The fraction of sp³-hybridized carbons (Fsp3) is 0.400. The predicted octanol–water partition coefficient (Wildman–Crippen LogP) is 2.71. The number of rotatable bonds is 5. The number of fused-ring (bicyclic) bond motifs is 3. The average molecular weight is 352 g/mol. The minimum Gasteiger partial charge on any atom is -0.395 e. The molecular weight excluding hydrogens is 328 g/mol. The maximum absolute atomic E-state index is 13.3. The lowest BCUT2D eigenvalue weighted by Gasteiger charge is -2.21. The first kappa shape index (κ1) is 16.8. The van der Waals surface area contributed by atoms with Crippen LogP contribution in [0.2, 0.25) is 0 Å². The Balaban J connectivity index is 1.71. The van der Waals surface area contributed by atoms with Crippen molar-refractivity contribution in [3.8, 4) is 0 Å². The number of aryl methyl sites for hydroxylation is 3. The van der Waals surface area contributed by atoms with Gasteiger partial charge in [0, 0.05) is 23.3 Å². The van der Waals surface area contributed by atoms with Crippen LogP contribution in [0.15, 0.2) is 24.5 Å². The smallest absolute Gasteiger partial charge is 0.256 e. The van der Waals surface area contributed by atoms with Crippen LogP contribution < -0.4 is 0 Å². The molecule has 3 N–H and O–H groups in total. The van der Waals surface area contributed by atoms with E-state index in [1.54, 1.807) is 11.2 Å². The summed E-state index contributed by atoms with van der Waals surface area (Å²) in [5.74, 6) is -0.0781. The largest absolute Gasteiger partial charge is 0.395 e. The first-order valence-corrected chi connectivity index (χ1v) is 9.20. The number of nitrogens with one attached hydrogen (secondary N) is 2. The van der Waals surface area contributed by atoms with Crippen LogP contribution in [-0.4, -0.2) is 44.0 Å². The van der Waals surface area contributed by atoms with Crippen LogP contribution in [0.1, 0.15) is 45.8 Å². The van der Waals surface area contributed by atoms with Gasteiger partial charge in [-0.05, 0) is 44.2 Å². The molecule has 0 aliphatic heterocycles. The standard InChI is InChI=1S/C20H24N4O2/c1-13-18(22-12-21-13)11-24(9-10-25)20(26)16-7-4-6-15-14-5-2-3-8-17(14)23-19(15)16/h4,6-7,12,23,25H,2-3,5,8-11H2,1H3,(H,21,22). The summed E-state index contributed by atoms with van der Waals surface area (Å²) >= 11 is 0. The highest BCUT2D eigenvalue weighted by Gasteiger charge is 2.23. The summed E-state index contributed by atoms with van der Waals surface area (Å²) in [6.07, 6.45) is 6.14. The van der Waals surface area contributed by atoms with E-state index in [1.807, 2.05) is 19.1 Å². The minimum absolute atomic E-state index is 0.0770. The van der Waals surface area contributed by atoms with E-state index in [-0.39, 0.29) is 19.1 Å². The molecule has 6 nitrogen and oxygen atoms in total. The number of aromatic amines is 2. The Morgan fingerprint density at radius 3 is 2.92 bits per heavy atom. The number of amides is 1. The van der Waals surface area contributed by atoms with Crippen LogP contribution in [0.3, 0.4) is 0 Å². The fourth-order valence-electron chi connectivity index (χ4n) is 3.88. The maximum Gasteiger partial charge on any atom is 0.256 e. The summed E-state index contributed by atoms with van der Waals surface area (Å²) < 4.78 is 0. The molecule has 4 rings (SSSR count). The summed E-state index contributed by atoms with van der Waals surface area (Å²) in [5, 5.41) is 10.6. The van der Waals surface area contributed by atoms with Gasteiger partial charge in [-0.25, -0.2) is 4.98 Å². The molecule has 0 spiro atoms. The molecule has 26 heavy (non-hydrogen) atoms. The summed E-state index contributed by atoms with van der Waals surface area (Å²) in [5.41, 5.74) is 5.98. The zero-order valence-corrected chi connectivity index (χ0v) is 15.0. The Labute approximate surface area is 152 Å². The fourth-order valence-corrected chi connectivity index (χ4v) is 3.88. The molecule has 0 saturated carbocycles. The van der Waals surface area contributed by atoms with Gasteiger partial charge < -0.3 is 20.0 Å². The second kappa shape index (κ2) is 6.96. The second-order valence-corrected chi connectivity index (χ2v) is 6.94. The highest BCUT2D eigenvalue weighted by molar-refractivity contribution is 6.06. The molecule has 3 aromatic rings. The molecule has 2 heterocycles. The van der Waals surface area contributed by atoms with Gasteiger partial charge in [0.15, 0.2) is 0 Å². The Bertz CT molecular complexity index is 941. The molecule has 2 aromatic heterocycles. The molecule has 136 valence electrons. The van der Waals surface area contributed by atoms with E-state index in [9.17, 15) is 9.90 Å². The zero-order chi connectivity index (χ0) is 18.1. The topological polar surface area (TPSA) is 85.0 Å². The lowest BCUT2D eigenvalue weighted by atomic mass is 9.95. The number of aliphatic hydroxyl groups is 1. The Kier molecular flexibility index (Phi) is 4.51. The maximum atomic E-state index is 13.3. The number of carbonyl (C=O) groups is 1. The third kappa shape index (κ3) is 2.90. The van der Waals surface area contributed by atoms with Gasteiger partial charge >= 0.3 is 0 Å². The van der Waals surface area contributed by atoms with Gasteiger partial charge in [0.1, 0.15) is 0 Å². The van der Waals surface area contributed by atoms with E-state index < -0.39 is 0 Å². The van der Waals surface area contributed by atoms with Crippen LogP contribution in [0.4, 0.5) is 0 Å². The van der Waals surface area contributed by atoms with E-state index in [0.717, 1.165) is 35.1 Å². The Hall–Kier alpha value is -2.60. The second-order valence-electron chi connectivity index (χ2n) is 6.94. The van der Waals surface area contributed by atoms with Crippen LogP contribution in [0, 0.1) is 6.92 Å². The number of aromatic nitrogens is 3. The SMILES string of the molecule is Cc1[nH]cnc1CN(CCO)C(=O)c1cccc2c3c([nH]c12)CCCC3. The van der Waals surface area contributed by atoms with Gasteiger partial charge in [0.25, 0.3) is 5.91 Å². The van der Waals surface area contributed by atoms with Gasteiger partial charge in [-0.2, -0.15) is 0 Å². The lowest BCUT2D eigenvalue weighted by Crippen LogP contribution is -2.33. The van der Waals surface area contributed by atoms with Crippen molar-refractivity contribution in [2.45, 2.75) is 39.2 Å². The van der Waals surface area contributed by atoms with E-state index in [0.29, 0.717) is 12.1 Å². The van der Waals surface area contributed by atoms with Gasteiger partial charge in [0.05, 0.1) is 36.3 Å². The van der Waals surface area contributed by atoms with E-state index in [4.69, 9.17) is 0 Å². The van der Waals surface area contributed by atoms with Gasteiger partial charge in [-0.3, -0.25) is 4.79 Å². The van der Waals surface area contributed by atoms with Crippen LogP contribution in [-0.2, 0) is 19.4 Å². The lowest BCUT2D eigenvalue weighted by molar-refractivity contribution is 0.0707. The molecule has 0 radical (unpaired) electrons. The molecule has 0 bridgehead atoms. The number of H-pyrrole nitrogens is 2. The van der Waals surface area contributed by atoms with Crippen LogP contribution >= 0.6 is 0 Å². The van der Waals surface area contributed by atoms with Crippen molar-refractivity contribution in [2.24, 2.45) is 0 Å². The van der Waals surface area contributed by atoms with Crippen molar-refractivity contribution in [3.63, 3.8) is 0 Å². The van der Waals surface area contributed by atoms with Crippen molar-refractivity contribution in [1.82, 2.24) is 19.9 Å². The molecular formula is C20H24N4O2. The number of carbonyl (C=O) groups excluding carboxylic acids is 1. The number of hydrogen-bond donors (Lipinski definition) is 3. The minimum atomic E-state index is -0.0781. The quantitative estimate of drug-likeness (QED) is 0.660. The highest BCUT2D eigenvalue weighted by atomic mass is 16.3. The van der Waals surface area contributed by atoms with Crippen molar-refractivity contribution in [3.05, 3.63) is 52.7 Å². The number of hydrogen-bond acceptors (Lipinski definition) is 3. The van der Waals surface area contributed by atoms with E-state index in [1.165, 1.54) is 24.1 Å². The van der Waals surface area contributed by atoms with Crippen LogP contribution in [0.5, 0.6) is 0 Å². The van der Waals surface area contributed by atoms with Crippen molar-refractivity contribution >= 4 is 16.8 Å². The summed E-state index contributed by atoms with van der Waals surface area (Å²) in [6.45, 7) is 2.52. The van der Waals surface area contributed by atoms with Gasteiger partial charge in [0.2, 0.25) is 0 Å². The average Bonchev–Trinajstić information content (AvgIpc) is 3.24. The van der Waals surface area contributed by atoms with E-state index in [2.05, 4.69) is 21.0 Å². The van der Waals surface area contributed by atoms with Crippen LogP contribution in [0.25, 0.3) is 10.9 Å². The normalized spacial score (nSPS) is 13.8. The molecule has 1 aliphatic carbocycles. The van der Waals surface area contributed by atoms with Crippen molar-refractivity contribution < 1.29 is 9.90 Å². The molecule has 0 atom stereocenters. The van der Waals surface area contributed by atoms with Crippen molar-refractivity contribution in [2.75, 3.05) is 13.2 Å². The molecule has 1 aliphatic rings. The Morgan fingerprint density at radius 1 is 1.31 bits per heavy atom. The van der Waals surface area contributed by atoms with Gasteiger partial charge in [-0.15, -0.1) is 0 Å². The molecule has 0 saturated heterocycles. The number of benzene rings is 1. The Morgan fingerprint density at radius 2 is 2.15 bits per heavy atom. The molecule has 6 heteroatoms. The monoisotopic (exact) mass is 352 g/mol. The highest BCUT2D eigenvalue weighted by Crippen LogP contribution is 2.31. The number of imidazole rings is 1. The van der Waals surface area contributed by atoms with Gasteiger partial charge in [-0.1, -0.05) is 12.1 Å². The summed E-state index contributed by atoms with van der Waals surface area (Å²) in [7, 11) is 0. The molecule has 0 unspecified atom stereocenters. The zero-order valence-electron chi connectivity index (χ0n) is 15.0. The molecule has 1 aromatic carbocycles. The number of para-hydroxylation sites is 1. The number of aliphatic hydroxyl groups excluding tert-OH is 1. The molecule has 1 amide bonds. The first-order chi connectivity index (χ1) is 12.7. The summed E-state index contributed by atoms with van der Waals surface area (Å²) in [4.78, 5) is 25.8. The third-order valence-corrected chi connectivity index (χ3v) is 5.30.